The Labute approximate surface area is 186 Å². The van der Waals surface area contributed by atoms with Crippen LogP contribution in [-0.4, -0.2) is 27.4 Å². The van der Waals surface area contributed by atoms with Crippen LogP contribution in [0.3, 0.4) is 0 Å². The van der Waals surface area contributed by atoms with Crippen LogP contribution in [0, 0.1) is 5.82 Å². The molecule has 2 amide bonds. The van der Waals surface area contributed by atoms with E-state index < -0.39 is 41.0 Å². The minimum atomic E-state index is -4.83. The summed E-state index contributed by atoms with van der Waals surface area (Å²) < 4.78 is 59.9. The predicted octanol–water partition coefficient (Wildman–Crippen LogP) is 5.63. The molecular formula is C22H20F4N4O3. The molecule has 1 aromatic heterocycles. The fourth-order valence-electron chi connectivity index (χ4n) is 2.76. The van der Waals surface area contributed by atoms with Crippen LogP contribution in [0.2, 0.25) is 0 Å². The van der Waals surface area contributed by atoms with E-state index >= 15 is 0 Å². The Bertz CT molecular complexity index is 1170. The van der Waals surface area contributed by atoms with Gasteiger partial charge in [0.15, 0.2) is 5.69 Å². The molecule has 3 aromatic rings. The summed E-state index contributed by atoms with van der Waals surface area (Å²) in [6.07, 6.45) is -4.89. The second kappa shape index (κ2) is 8.93. The zero-order valence-electron chi connectivity index (χ0n) is 17.8. The van der Waals surface area contributed by atoms with E-state index in [-0.39, 0.29) is 11.3 Å². The van der Waals surface area contributed by atoms with Crippen molar-refractivity contribution < 1.29 is 31.9 Å². The lowest BCUT2D eigenvalue weighted by atomic mass is 10.2. The van der Waals surface area contributed by atoms with Gasteiger partial charge in [-0.3, -0.25) is 10.1 Å². The fraction of sp³-hybridized carbons (Fsp3) is 0.227. The zero-order valence-corrected chi connectivity index (χ0v) is 17.8. The molecule has 1 heterocycles. The molecule has 0 saturated heterocycles. The summed E-state index contributed by atoms with van der Waals surface area (Å²) in [7, 11) is 0. The molecule has 174 valence electrons. The van der Waals surface area contributed by atoms with E-state index in [2.05, 4.69) is 15.7 Å². The van der Waals surface area contributed by atoms with Gasteiger partial charge in [0.25, 0.3) is 5.91 Å². The third-order valence-electron chi connectivity index (χ3n) is 4.13. The largest absolute Gasteiger partial charge is 0.444 e. The number of amides is 2. The number of benzene rings is 2. The summed E-state index contributed by atoms with van der Waals surface area (Å²) in [6, 6.07) is 11.1. The zero-order chi connectivity index (χ0) is 24.4. The van der Waals surface area contributed by atoms with E-state index in [9.17, 15) is 27.2 Å². The number of rotatable bonds is 4. The normalized spacial score (nSPS) is 11.7. The number of aromatic nitrogens is 2. The quantitative estimate of drug-likeness (QED) is 0.490. The minimum Gasteiger partial charge on any atom is -0.444 e. The Hall–Kier alpha value is -3.89. The van der Waals surface area contributed by atoms with E-state index in [1.54, 1.807) is 20.8 Å². The van der Waals surface area contributed by atoms with Crippen molar-refractivity contribution in [2.45, 2.75) is 32.5 Å². The van der Waals surface area contributed by atoms with Crippen molar-refractivity contribution in [2.24, 2.45) is 0 Å². The van der Waals surface area contributed by atoms with Crippen LogP contribution >= 0.6 is 0 Å². The number of alkyl halides is 3. The smallest absolute Gasteiger partial charge is 0.437 e. The molecule has 0 aliphatic carbocycles. The van der Waals surface area contributed by atoms with Crippen LogP contribution in [-0.2, 0) is 10.9 Å². The first-order chi connectivity index (χ1) is 15.3. The summed E-state index contributed by atoms with van der Waals surface area (Å²) in [5, 5.41) is 8.11. The van der Waals surface area contributed by atoms with Gasteiger partial charge in [-0.05, 0) is 57.2 Å². The Morgan fingerprint density at radius 2 is 1.61 bits per heavy atom. The number of halogens is 4. The Morgan fingerprint density at radius 3 is 2.18 bits per heavy atom. The molecule has 2 aromatic carbocycles. The van der Waals surface area contributed by atoms with Crippen molar-refractivity contribution in [2.75, 3.05) is 10.6 Å². The molecule has 11 heteroatoms. The van der Waals surface area contributed by atoms with Crippen molar-refractivity contribution in [3.05, 3.63) is 71.8 Å². The molecule has 0 spiro atoms. The molecule has 3 rings (SSSR count). The highest BCUT2D eigenvalue weighted by molar-refractivity contribution is 6.04. The monoisotopic (exact) mass is 464 g/mol. The number of ether oxygens (including phenoxy) is 1. The van der Waals surface area contributed by atoms with Gasteiger partial charge in [0.05, 0.1) is 23.1 Å². The second-order valence-corrected chi connectivity index (χ2v) is 7.94. The van der Waals surface area contributed by atoms with Gasteiger partial charge in [-0.15, -0.1) is 0 Å². The van der Waals surface area contributed by atoms with E-state index in [0.717, 1.165) is 16.9 Å². The molecule has 0 unspecified atom stereocenters. The fourth-order valence-corrected chi connectivity index (χ4v) is 2.76. The molecule has 0 atom stereocenters. The number of hydrogen-bond donors (Lipinski definition) is 2. The Kier molecular flexibility index (Phi) is 6.43. The van der Waals surface area contributed by atoms with Gasteiger partial charge in [0.1, 0.15) is 11.4 Å². The highest BCUT2D eigenvalue weighted by Crippen LogP contribution is 2.34. The molecule has 0 saturated carbocycles. The summed E-state index contributed by atoms with van der Waals surface area (Å²) in [5.41, 5.74) is -2.41. The molecule has 2 N–H and O–H groups in total. The average Bonchev–Trinajstić information content (AvgIpc) is 3.11. The summed E-state index contributed by atoms with van der Waals surface area (Å²) in [4.78, 5) is 24.1. The van der Waals surface area contributed by atoms with Gasteiger partial charge >= 0.3 is 12.3 Å². The van der Waals surface area contributed by atoms with Crippen LogP contribution in [0.4, 0.5) is 33.7 Å². The van der Waals surface area contributed by atoms with Crippen LogP contribution in [0.25, 0.3) is 5.69 Å². The van der Waals surface area contributed by atoms with Crippen molar-refractivity contribution >= 4 is 23.4 Å². The van der Waals surface area contributed by atoms with Gasteiger partial charge in [-0.2, -0.15) is 18.3 Å². The van der Waals surface area contributed by atoms with Gasteiger partial charge in [-0.25, -0.2) is 13.9 Å². The second-order valence-electron chi connectivity index (χ2n) is 7.94. The van der Waals surface area contributed by atoms with Crippen LogP contribution < -0.4 is 10.6 Å². The van der Waals surface area contributed by atoms with Crippen molar-refractivity contribution in [1.82, 2.24) is 9.78 Å². The molecule has 0 fully saturated rings. The van der Waals surface area contributed by atoms with Crippen LogP contribution in [0.5, 0.6) is 0 Å². The molecule has 7 nitrogen and oxygen atoms in total. The van der Waals surface area contributed by atoms with Crippen molar-refractivity contribution in [1.29, 1.82) is 0 Å². The first kappa shape index (κ1) is 23.8. The third-order valence-corrected chi connectivity index (χ3v) is 4.13. The first-order valence-corrected chi connectivity index (χ1v) is 9.67. The predicted molar refractivity (Wildman–Crippen MR) is 113 cm³/mol. The van der Waals surface area contributed by atoms with Crippen molar-refractivity contribution in [3.63, 3.8) is 0 Å². The Balaban J connectivity index is 1.81. The SMILES string of the molecule is CC(C)(C)OC(=O)Nc1cn(-c2ccc(NC(=O)c3ccccc3F)cc2)nc1C(F)(F)F. The maximum atomic E-state index is 13.7. The number of anilines is 2. The van der Waals surface area contributed by atoms with Gasteiger partial charge in [0, 0.05) is 5.69 Å². The lowest BCUT2D eigenvalue weighted by Crippen LogP contribution is -2.27. The van der Waals surface area contributed by atoms with Gasteiger partial charge in [-0.1, -0.05) is 12.1 Å². The van der Waals surface area contributed by atoms with Gasteiger partial charge < -0.3 is 10.1 Å². The van der Waals surface area contributed by atoms with E-state index in [1.165, 1.54) is 42.5 Å². The maximum absolute atomic E-state index is 13.7. The molecule has 0 aliphatic rings. The number of hydrogen-bond acceptors (Lipinski definition) is 4. The standard InChI is InChI=1S/C22H20F4N4O3/c1-21(2,3)33-20(32)28-17-12-30(29-18(17)22(24,25)26)14-10-8-13(9-11-14)27-19(31)15-6-4-5-7-16(15)23/h4-12H,1-3H3,(H,27,31)(H,28,32). The highest BCUT2D eigenvalue weighted by atomic mass is 19.4. The van der Waals surface area contributed by atoms with Crippen LogP contribution in [0.1, 0.15) is 36.8 Å². The first-order valence-electron chi connectivity index (χ1n) is 9.67. The lowest BCUT2D eigenvalue weighted by Gasteiger charge is -2.19. The van der Waals surface area contributed by atoms with Crippen LogP contribution in [0.15, 0.2) is 54.7 Å². The minimum absolute atomic E-state index is 0.152. The molecule has 0 radical (unpaired) electrons. The number of carbonyl (C=O) groups is 2. The highest BCUT2D eigenvalue weighted by Gasteiger charge is 2.38. The van der Waals surface area contributed by atoms with E-state index in [0.29, 0.717) is 5.69 Å². The lowest BCUT2D eigenvalue weighted by molar-refractivity contribution is -0.140. The summed E-state index contributed by atoms with van der Waals surface area (Å²) >= 11 is 0. The number of nitrogens with one attached hydrogen (secondary N) is 2. The third kappa shape index (κ3) is 6.09. The summed E-state index contributed by atoms with van der Waals surface area (Å²) in [6.45, 7) is 4.73. The average molecular weight is 464 g/mol. The van der Waals surface area contributed by atoms with Gasteiger partial charge in [0.2, 0.25) is 0 Å². The number of carbonyl (C=O) groups excluding carboxylic acids is 2. The van der Waals surface area contributed by atoms with E-state index in [4.69, 9.17) is 4.74 Å². The summed E-state index contributed by atoms with van der Waals surface area (Å²) in [5.74, 6) is -1.36. The molecule has 0 bridgehead atoms. The van der Waals surface area contributed by atoms with Crippen molar-refractivity contribution in [3.8, 4) is 5.69 Å². The van der Waals surface area contributed by atoms with E-state index in [1.807, 2.05) is 0 Å². The molecule has 0 aliphatic heterocycles. The maximum Gasteiger partial charge on any atom is 0.437 e. The Morgan fingerprint density at radius 1 is 0.970 bits per heavy atom. The molecular weight excluding hydrogens is 444 g/mol. The molecule has 33 heavy (non-hydrogen) atoms. The number of nitrogens with zero attached hydrogens (tertiary/aromatic N) is 2. The topological polar surface area (TPSA) is 85.2 Å².